The third-order valence-corrected chi connectivity index (χ3v) is 2.97. The van der Waals surface area contributed by atoms with Gasteiger partial charge in [-0.1, -0.05) is 6.07 Å². The van der Waals surface area contributed by atoms with Crippen molar-refractivity contribution < 1.29 is 0 Å². The van der Waals surface area contributed by atoms with E-state index in [-0.39, 0.29) is 11.4 Å². The molecular weight excluding hydrogens is 196 g/mol. The third kappa shape index (κ3) is 1.72. The van der Waals surface area contributed by atoms with Crippen LogP contribution in [0.15, 0.2) is 18.2 Å². The Bertz CT molecular complexity index is 336. The first-order valence-corrected chi connectivity index (χ1v) is 5.38. The third-order valence-electron chi connectivity index (χ3n) is 2.72. The van der Waals surface area contributed by atoms with E-state index in [9.17, 15) is 0 Å². The highest BCUT2D eigenvalue weighted by Gasteiger charge is 2.23. The van der Waals surface area contributed by atoms with Crippen LogP contribution in [-0.2, 0) is 6.42 Å². The van der Waals surface area contributed by atoms with E-state index < -0.39 is 0 Å². The lowest BCUT2D eigenvalue weighted by molar-refractivity contribution is 0.498. The maximum absolute atomic E-state index is 6.13. The van der Waals surface area contributed by atoms with E-state index in [0.29, 0.717) is 0 Å². The zero-order valence-corrected chi connectivity index (χ0v) is 9.01. The van der Waals surface area contributed by atoms with Gasteiger partial charge < -0.3 is 11.1 Å². The van der Waals surface area contributed by atoms with Crippen LogP contribution in [0.4, 0.5) is 5.69 Å². The number of nitrogens with one attached hydrogen (secondary N) is 1. The molecule has 2 unspecified atom stereocenters. The molecule has 2 nitrogen and oxygen atoms in total. The van der Waals surface area contributed by atoms with Crippen molar-refractivity contribution in [3.63, 3.8) is 0 Å². The molecule has 0 fully saturated rings. The van der Waals surface area contributed by atoms with Gasteiger partial charge >= 0.3 is 0 Å². The second kappa shape index (κ2) is 3.79. The van der Waals surface area contributed by atoms with Gasteiger partial charge in [-0.3, -0.25) is 0 Å². The molecule has 1 aliphatic heterocycles. The van der Waals surface area contributed by atoms with E-state index in [1.165, 1.54) is 11.1 Å². The fourth-order valence-electron chi connectivity index (χ4n) is 2.01. The number of halogens is 1. The Morgan fingerprint density at radius 1 is 1.57 bits per heavy atom. The summed E-state index contributed by atoms with van der Waals surface area (Å²) in [6.45, 7) is 3.01. The van der Waals surface area contributed by atoms with Crippen LogP contribution >= 0.6 is 11.6 Å². The maximum Gasteiger partial charge on any atom is 0.0502 e. The zero-order chi connectivity index (χ0) is 10.1. The van der Waals surface area contributed by atoms with Crippen molar-refractivity contribution in [1.82, 2.24) is 5.32 Å². The quantitative estimate of drug-likeness (QED) is 0.550. The molecule has 1 aromatic carbocycles. The van der Waals surface area contributed by atoms with E-state index >= 15 is 0 Å². The topological polar surface area (TPSA) is 38.0 Å². The number of fused-ring (bicyclic) bond motifs is 1. The SMILES string of the molecule is CC(Cl)C1NCCc2ccc(N)cc21. The van der Waals surface area contributed by atoms with Gasteiger partial charge in [0.05, 0.1) is 5.38 Å². The Morgan fingerprint density at radius 3 is 3.07 bits per heavy atom. The highest BCUT2D eigenvalue weighted by atomic mass is 35.5. The number of hydrogen-bond acceptors (Lipinski definition) is 2. The van der Waals surface area contributed by atoms with E-state index in [4.69, 9.17) is 17.3 Å². The standard InChI is InChI=1S/C11H15ClN2/c1-7(12)11-10-6-9(13)3-2-8(10)4-5-14-11/h2-3,6-7,11,14H,4-5,13H2,1H3. The van der Waals surface area contributed by atoms with Gasteiger partial charge in [0.25, 0.3) is 0 Å². The normalized spacial score (nSPS) is 22.9. The second-order valence-electron chi connectivity index (χ2n) is 3.82. The Labute approximate surface area is 89.4 Å². The Hall–Kier alpha value is -0.730. The summed E-state index contributed by atoms with van der Waals surface area (Å²) in [6.07, 6.45) is 1.07. The monoisotopic (exact) mass is 210 g/mol. The van der Waals surface area contributed by atoms with Crippen molar-refractivity contribution in [3.05, 3.63) is 29.3 Å². The van der Waals surface area contributed by atoms with Crippen molar-refractivity contribution in [2.45, 2.75) is 24.8 Å². The number of hydrogen-bond donors (Lipinski definition) is 2. The Morgan fingerprint density at radius 2 is 2.36 bits per heavy atom. The predicted octanol–water partition coefficient (Wildman–Crippen LogP) is 2.08. The molecular formula is C11H15ClN2. The molecule has 0 spiro atoms. The number of rotatable bonds is 1. The number of nitrogens with two attached hydrogens (primary N) is 1. The Balaban J connectivity index is 2.41. The molecule has 14 heavy (non-hydrogen) atoms. The molecule has 0 aromatic heterocycles. The highest BCUT2D eigenvalue weighted by molar-refractivity contribution is 6.20. The summed E-state index contributed by atoms with van der Waals surface area (Å²) in [4.78, 5) is 0. The van der Waals surface area contributed by atoms with Crippen LogP contribution in [0, 0.1) is 0 Å². The van der Waals surface area contributed by atoms with Crippen molar-refractivity contribution in [2.75, 3.05) is 12.3 Å². The molecule has 2 rings (SSSR count). The van der Waals surface area contributed by atoms with Crippen LogP contribution in [0.1, 0.15) is 24.1 Å². The van der Waals surface area contributed by atoms with Gasteiger partial charge in [0, 0.05) is 11.7 Å². The van der Waals surface area contributed by atoms with Gasteiger partial charge in [-0.2, -0.15) is 0 Å². The molecule has 0 bridgehead atoms. The molecule has 0 amide bonds. The zero-order valence-electron chi connectivity index (χ0n) is 8.26. The Kier molecular flexibility index (Phi) is 2.66. The van der Waals surface area contributed by atoms with Crippen LogP contribution in [0.2, 0.25) is 0 Å². The average Bonchev–Trinajstić information content (AvgIpc) is 2.16. The smallest absolute Gasteiger partial charge is 0.0502 e. The highest BCUT2D eigenvalue weighted by Crippen LogP contribution is 2.29. The molecule has 0 saturated heterocycles. The number of nitrogen functional groups attached to an aromatic ring is 1. The lowest BCUT2D eigenvalue weighted by atomic mass is 9.92. The van der Waals surface area contributed by atoms with Gasteiger partial charge in [-0.25, -0.2) is 0 Å². The van der Waals surface area contributed by atoms with E-state index in [1.54, 1.807) is 0 Å². The fourth-order valence-corrected chi connectivity index (χ4v) is 2.24. The van der Waals surface area contributed by atoms with Gasteiger partial charge in [0.15, 0.2) is 0 Å². The van der Waals surface area contributed by atoms with Crippen LogP contribution in [0.3, 0.4) is 0 Å². The molecule has 2 atom stereocenters. The summed E-state index contributed by atoms with van der Waals surface area (Å²) < 4.78 is 0. The molecule has 3 N–H and O–H groups in total. The molecule has 0 aliphatic carbocycles. The summed E-state index contributed by atoms with van der Waals surface area (Å²) in [5.74, 6) is 0. The summed E-state index contributed by atoms with van der Waals surface area (Å²) in [7, 11) is 0. The van der Waals surface area contributed by atoms with Crippen LogP contribution in [-0.4, -0.2) is 11.9 Å². The van der Waals surface area contributed by atoms with Crippen LogP contribution in [0.25, 0.3) is 0 Å². The van der Waals surface area contributed by atoms with Crippen LogP contribution in [0.5, 0.6) is 0 Å². The first kappa shape index (κ1) is 9.81. The van der Waals surface area contributed by atoms with Gasteiger partial charge in [0.1, 0.15) is 0 Å². The van der Waals surface area contributed by atoms with E-state index in [1.807, 2.05) is 19.1 Å². The molecule has 1 aliphatic rings. The molecule has 1 aromatic rings. The van der Waals surface area contributed by atoms with Gasteiger partial charge in [-0.05, 0) is 43.1 Å². The van der Waals surface area contributed by atoms with Gasteiger partial charge in [-0.15, -0.1) is 11.6 Å². The molecule has 1 heterocycles. The largest absolute Gasteiger partial charge is 0.399 e. The van der Waals surface area contributed by atoms with Crippen molar-refractivity contribution in [3.8, 4) is 0 Å². The summed E-state index contributed by atoms with van der Waals surface area (Å²) in [5.41, 5.74) is 9.22. The van der Waals surface area contributed by atoms with Gasteiger partial charge in [0.2, 0.25) is 0 Å². The minimum atomic E-state index is 0.0934. The van der Waals surface area contributed by atoms with Crippen molar-refractivity contribution in [2.24, 2.45) is 0 Å². The molecule has 3 heteroatoms. The maximum atomic E-state index is 6.13. The first-order valence-electron chi connectivity index (χ1n) is 4.94. The lowest BCUT2D eigenvalue weighted by Crippen LogP contribution is -2.34. The average molecular weight is 211 g/mol. The van der Waals surface area contributed by atoms with Crippen LogP contribution < -0.4 is 11.1 Å². The number of anilines is 1. The number of benzene rings is 1. The summed E-state index contributed by atoms with van der Waals surface area (Å²) >= 11 is 6.13. The lowest BCUT2D eigenvalue weighted by Gasteiger charge is -2.29. The van der Waals surface area contributed by atoms with Crippen molar-refractivity contribution in [1.29, 1.82) is 0 Å². The fraction of sp³-hybridized carbons (Fsp3) is 0.455. The number of alkyl halides is 1. The molecule has 0 radical (unpaired) electrons. The minimum Gasteiger partial charge on any atom is -0.399 e. The van der Waals surface area contributed by atoms with Crippen molar-refractivity contribution >= 4 is 17.3 Å². The summed E-state index contributed by atoms with van der Waals surface area (Å²) in [5, 5.41) is 3.51. The molecule has 76 valence electrons. The van der Waals surface area contributed by atoms with E-state index in [2.05, 4.69) is 11.4 Å². The van der Waals surface area contributed by atoms with E-state index in [0.717, 1.165) is 18.7 Å². The molecule has 0 saturated carbocycles. The second-order valence-corrected chi connectivity index (χ2v) is 4.51. The summed E-state index contributed by atoms with van der Waals surface area (Å²) in [6, 6.07) is 6.34. The predicted molar refractivity (Wildman–Crippen MR) is 60.6 cm³/mol. The first-order chi connectivity index (χ1) is 6.68. The minimum absolute atomic E-state index is 0.0934.